The van der Waals surface area contributed by atoms with Gasteiger partial charge in [-0.1, -0.05) is 19.1 Å². The molecule has 5 nitrogen and oxygen atoms in total. The number of rotatable bonds is 4. The van der Waals surface area contributed by atoms with Gasteiger partial charge < -0.3 is 16.0 Å². The molecule has 22 heavy (non-hydrogen) atoms. The molecule has 1 fully saturated rings. The quantitative estimate of drug-likeness (QED) is 0.885. The van der Waals surface area contributed by atoms with Crippen LogP contribution >= 0.6 is 0 Å². The molecule has 1 heterocycles. The maximum absolute atomic E-state index is 12.7. The van der Waals surface area contributed by atoms with Gasteiger partial charge in [-0.05, 0) is 36.5 Å². The fourth-order valence-electron chi connectivity index (χ4n) is 3.02. The van der Waals surface area contributed by atoms with Crippen molar-refractivity contribution in [3.8, 4) is 0 Å². The molecule has 0 radical (unpaired) electrons. The van der Waals surface area contributed by atoms with Gasteiger partial charge >= 0.3 is 0 Å². The number of piperidine rings is 1. The Bertz CT molecular complexity index is 527. The number of nitrogens with one attached hydrogen (secondary N) is 1. The van der Waals surface area contributed by atoms with Crippen molar-refractivity contribution in [3.05, 3.63) is 35.4 Å². The van der Waals surface area contributed by atoms with E-state index in [9.17, 15) is 9.59 Å². The van der Waals surface area contributed by atoms with Crippen LogP contribution in [-0.4, -0.2) is 35.8 Å². The van der Waals surface area contributed by atoms with Crippen LogP contribution in [0.15, 0.2) is 24.3 Å². The van der Waals surface area contributed by atoms with Crippen molar-refractivity contribution in [2.24, 2.45) is 11.7 Å². The van der Waals surface area contributed by atoms with Crippen molar-refractivity contribution in [3.63, 3.8) is 0 Å². The average molecular weight is 303 g/mol. The highest BCUT2D eigenvalue weighted by atomic mass is 16.2. The van der Waals surface area contributed by atoms with Gasteiger partial charge in [0.2, 0.25) is 5.91 Å². The molecular weight excluding hydrogens is 278 g/mol. The minimum atomic E-state index is -0.0618. The number of nitrogens with zero attached hydrogens (tertiary/aromatic N) is 1. The zero-order valence-electron chi connectivity index (χ0n) is 13.3. The van der Waals surface area contributed by atoms with Crippen molar-refractivity contribution < 1.29 is 9.59 Å². The van der Waals surface area contributed by atoms with Crippen molar-refractivity contribution >= 4 is 11.8 Å². The van der Waals surface area contributed by atoms with Crippen LogP contribution in [0.25, 0.3) is 0 Å². The van der Waals surface area contributed by atoms with E-state index in [1.54, 1.807) is 0 Å². The minimum absolute atomic E-state index is 0.0491. The molecule has 0 aromatic heterocycles. The lowest BCUT2D eigenvalue weighted by Crippen LogP contribution is -2.51. The molecule has 1 saturated heterocycles. The highest BCUT2D eigenvalue weighted by Crippen LogP contribution is 2.24. The second kappa shape index (κ2) is 7.40. The predicted octanol–water partition coefficient (Wildman–Crippen LogP) is 1.52. The molecule has 3 N–H and O–H groups in total. The number of carbonyl (C=O) groups excluding carboxylic acids is 2. The zero-order valence-corrected chi connectivity index (χ0v) is 13.3. The van der Waals surface area contributed by atoms with Gasteiger partial charge in [-0.15, -0.1) is 0 Å². The zero-order chi connectivity index (χ0) is 16.1. The molecule has 1 aliphatic rings. The molecule has 120 valence electrons. The van der Waals surface area contributed by atoms with Crippen LogP contribution in [0.3, 0.4) is 0 Å². The molecule has 1 aliphatic heterocycles. The van der Waals surface area contributed by atoms with Crippen molar-refractivity contribution in [1.82, 2.24) is 10.2 Å². The number of carbonyl (C=O) groups is 2. The number of amides is 2. The third kappa shape index (κ3) is 3.85. The smallest absolute Gasteiger partial charge is 0.254 e. The average Bonchev–Trinajstić information content (AvgIpc) is 2.52. The summed E-state index contributed by atoms with van der Waals surface area (Å²) in [6.45, 7) is 5.41. The standard InChI is InChI=1S/C17H25N3O2/c1-12-4-3-9-20(16(12)10-18)17(22)15-7-5-14(6-8-15)11-19-13(2)21/h5-8,12,16H,3-4,9-11,18H2,1-2H3,(H,19,21)/t12-,16+/m0/s1. The highest BCUT2D eigenvalue weighted by Gasteiger charge is 2.31. The van der Waals surface area contributed by atoms with Gasteiger partial charge in [-0.25, -0.2) is 0 Å². The summed E-state index contributed by atoms with van der Waals surface area (Å²) in [5.41, 5.74) is 7.52. The first-order valence-corrected chi connectivity index (χ1v) is 7.87. The number of nitrogens with two attached hydrogens (primary N) is 1. The van der Waals surface area contributed by atoms with E-state index in [1.807, 2.05) is 29.2 Å². The Balaban J connectivity index is 2.06. The summed E-state index contributed by atoms with van der Waals surface area (Å²) in [7, 11) is 0. The van der Waals surface area contributed by atoms with E-state index in [2.05, 4.69) is 12.2 Å². The van der Waals surface area contributed by atoms with Crippen molar-refractivity contribution in [2.75, 3.05) is 13.1 Å². The van der Waals surface area contributed by atoms with Crippen LogP contribution in [0.4, 0.5) is 0 Å². The SMILES string of the molecule is CC(=O)NCc1ccc(C(=O)N2CCC[C@H](C)[C@H]2CN)cc1. The summed E-state index contributed by atoms with van der Waals surface area (Å²) in [5, 5.41) is 2.75. The number of likely N-dealkylation sites (tertiary alicyclic amines) is 1. The van der Waals surface area contributed by atoms with Gasteiger partial charge in [-0.2, -0.15) is 0 Å². The lowest BCUT2D eigenvalue weighted by Gasteiger charge is -2.39. The predicted molar refractivity (Wildman–Crippen MR) is 86.2 cm³/mol. The minimum Gasteiger partial charge on any atom is -0.352 e. The number of hydrogen-bond acceptors (Lipinski definition) is 3. The Morgan fingerprint density at radius 1 is 1.32 bits per heavy atom. The summed E-state index contributed by atoms with van der Waals surface area (Å²) in [6.07, 6.45) is 2.16. The fraction of sp³-hybridized carbons (Fsp3) is 0.529. The molecule has 1 aromatic rings. The van der Waals surface area contributed by atoms with Crippen LogP contribution in [0.1, 0.15) is 42.6 Å². The van der Waals surface area contributed by atoms with Crippen molar-refractivity contribution in [2.45, 2.75) is 39.3 Å². The van der Waals surface area contributed by atoms with Gasteiger partial charge in [0.25, 0.3) is 5.91 Å². The van der Waals surface area contributed by atoms with Gasteiger partial charge in [0.05, 0.1) is 0 Å². The van der Waals surface area contributed by atoms with Crippen molar-refractivity contribution in [1.29, 1.82) is 0 Å². The Hall–Kier alpha value is -1.88. The van der Waals surface area contributed by atoms with Crippen LogP contribution in [0, 0.1) is 5.92 Å². The lowest BCUT2D eigenvalue weighted by molar-refractivity contribution is -0.119. The largest absolute Gasteiger partial charge is 0.352 e. The Kier molecular flexibility index (Phi) is 5.55. The normalized spacial score (nSPS) is 21.5. The van der Waals surface area contributed by atoms with Gasteiger partial charge in [-0.3, -0.25) is 9.59 Å². The topological polar surface area (TPSA) is 75.4 Å². The van der Waals surface area contributed by atoms with Crippen LogP contribution in [0.2, 0.25) is 0 Å². The molecule has 2 amide bonds. The van der Waals surface area contributed by atoms with E-state index in [4.69, 9.17) is 5.73 Å². The summed E-state index contributed by atoms with van der Waals surface area (Å²) in [6, 6.07) is 7.54. The molecule has 1 aromatic carbocycles. The fourth-order valence-corrected chi connectivity index (χ4v) is 3.02. The molecule has 0 aliphatic carbocycles. The van der Waals surface area contributed by atoms with E-state index < -0.39 is 0 Å². The first-order valence-electron chi connectivity index (χ1n) is 7.87. The molecule has 2 rings (SSSR count). The molecule has 2 atom stereocenters. The van der Waals surface area contributed by atoms with Gasteiger partial charge in [0, 0.05) is 38.2 Å². The monoisotopic (exact) mass is 303 g/mol. The Morgan fingerprint density at radius 3 is 2.59 bits per heavy atom. The van der Waals surface area contributed by atoms with E-state index in [1.165, 1.54) is 6.92 Å². The van der Waals surface area contributed by atoms with Gasteiger partial charge in [0.15, 0.2) is 0 Å². The lowest BCUT2D eigenvalue weighted by atomic mass is 9.90. The summed E-state index contributed by atoms with van der Waals surface area (Å²) in [5.74, 6) is 0.433. The molecular formula is C17H25N3O2. The van der Waals surface area contributed by atoms with E-state index in [0.717, 1.165) is 24.9 Å². The van der Waals surface area contributed by atoms with E-state index >= 15 is 0 Å². The molecule has 0 unspecified atom stereocenters. The van der Waals surface area contributed by atoms with E-state index in [-0.39, 0.29) is 17.9 Å². The second-order valence-electron chi connectivity index (χ2n) is 6.03. The second-order valence-corrected chi connectivity index (χ2v) is 6.03. The molecule has 5 heteroatoms. The molecule has 0 saturated carbocycles. The van der Waals surface area contributed by atoms with Crippen LogP contribution in [-0.2, 0) is 11.3 Å². The van der Waals surface area contributed by atoms with Crippen LogP contribution < -0.4 is 11.1 Å². The van der Waals surface area contributed by atoms with Gasteiger partial charge in [0.1, 0.15) is 0 Å². The Labute approximate surface area is 131 Å². The number of hydrogen-bond donors (Lipinski definition) is 2. The first-order chi connectivity index (χ1) is 10.5. The first kappa shape index (κ1) is 16.5. The third-order valence-corrected chi connectivity index (χ3v) is 4.36. The maximum atomic E-state index is 12.7. The van der Waals surface area contributed by atoms with E-state index in [0.29, 0.717) is 24.6 Å². The Morgan fingerprint density at radius 2 is 2.00 bits per heavy atom. The maximum Gasteiger partial charge on any atom is 0.254 e. The highest BCUT2D eigenvalue weighted by molar-refractivity contribution is 5.94. The molecule has 0 spiro atoms. The van der Waals surface area contributed by atoms with Crippen LogP contribution in [0.5, 0.6) is 0 Å². The molecule has 0 bridgehead atoms. The summed E-state index contributed by atoms with van der Waals surface area (Å²) in [4.78, 5) is 25.5. The summed E-state index contributed by atoms with van der Waals surface area (Å²) < 4.78 is 0. The number of benzene rings is 1. The third-order valence-electron chi connectivity index (χ3n) is 4.36. The summed E-state index contributed by atoms with van der Waals surface area (Å²) >= 11 is 0.